The molecule has 1 atom stereocenters. The van der Waals surface area contributed by atoms with Crippen LogP contribution < -0.4 is 5.32 Å². The monoisotopic (exact) mass is 344 g/mol. The lowest BCUT2D eigenvalue weighted by Gasteiger charge is -2.17. The van der Waals surface area contributed by atoms with E-state index in [1.54, 1.807) is 4.68 Å². The summed E-state index contributed by atoms with van der Waals surface area (Å²) < 4.78 is 6.64. The fraction of sp³-hybridized carbons (Fsp3) is 0.636. The summed E-state index contributed by atoms with van der Waals surface area (Å²) in [6, 6.07) is 0.0286. The topological polar surface area (TPSA) is 68.5 Å². The van der Waals surface area contributed by atoms with Crippen molar-refractivity contribution in [3.8, 4) is 0 Å². The van der Waals surface area contributed by atoms with E-state index < -0.39 is 0 Å². The quantitative estimate of drug-likeness (QED) is 0.868. The van der Waals surface area contributed by atoms with Crippen LogP contribution >= 0.6 is 27.5 Å². The van der Waals surface area contributed by atoms with E-state index in [1.807, 2.05) is 7.05 Å². The van der Waals surface area contributed by atoms with Crippen molar-refractivity contribution < 1.29 is 0 Å². The Kier molecular flexibility index (Phi) is 5.00. The highest BCUT2D eigenvalue weighted by Crippen LogP contribution is 2.30. The summed E-state index contributed by atoms with van der Waals surface area (Å²) in [6.07, 6.45) is 2.00. The molecule has 0 bridgehead atoms. The summed E-state index contributed by atoms with van der Waals surface area (Å²) in [7, 11) is 1.89. The minimum atomic E-state index is 0.0286. The average Bonchev–Trinajstić information content (AvgIpc) is 2.96. The van der Waals surface area contributed by atoms with Gasteiger partial charge in [0.15, 0.2) is 4.60 Å². The molecule has 6 nitrogen and oxygen atoms in total. The second-order valence-electron chi connectivity index (χ2n) is 4.21. The standard InChI is InChI=1S/C11H17BrN6S/c1-4-6-7-10(19-17-14-7)8(13-5-2)9-11(12)15-16-18(9)3/h8,13H,4-6H2,1-3H3. The van der Waals surface area contributed by atoms with E-state index in [0.717, 1.165) is 40.3 Å². The molecule has 0 fully saturated rings. The van der Waals surface area contributed by atoms with Crippen LogP contribution in [0.2, 0.25) is 0 Å². The molecule has 0 amide bonds. The van der Waals surface area contributed by atoms with Gasteiger partial charge >= 0.3 is 0 Å². The van der Waals surface area contributed by atoms with Gasteiger partial charge in [-0.15, -0.1) is 10.2 Å². The van der Waals surface area contributed by atoms with Gasteiger partial charge in [-0.2, -0.15) is 0 Å². The molecule has 104 valence electrons. The van der Waals surface area contributed by atoms with Crippen LogP contribution in [0, 0.1) is 0 Å². The molecule has 2 aromatic heterocycles. The second-order valence-corrected chi connectivity index (χ2v) is 5.75. The van der Waals surface area contributed by atoms with Crippen molar-refractivity contribution in [2.75, 3.05) is 6.54 Å². The number of hydrogen-bond donors (Lipinski definition) is 1. The molecule has 0 aliphatic rings. The third-order valence-electron chi connectivity index (χ3n) is 2.84. The van der Waals surface area contributed by atoms with Crippen LogP contribution in [0.1, 0.15) is 42.6 Å². The number of rotatable bonds is 6. The van der Waals surface area contributed by atoms with Gasteiger partial charge in [-0.3, -0.25) is 0 Å². The van der Waals surface area contributed by atoms with E-state index in [-0.39, 0.29) is 6.04 Å². The van der Waals surface area contributed by atoms with Gasteiger partial charge in [-0.1, -0.05) is 30.0 Å². The molecule has 0 saturated carbocycles. The largest absolute Gasteiger partial charge is 0.304 e. The molecule has 0 saturated heterocycles. The Labute approximate surface area is 124 Å². The zero-order valence-corrected chi connectivity index (χ0v) is 13.6. The molecule has 2 aromatic rings. The Bertz CT molecular complexity index is 518. The maximum absolute atomic E-state index is 4.24. The normalized spacial score (nSPS) is 12.8. The van der Waals surface area contributed by atoms with Crippen molar-refractivity contribution in [3.05, 3.63) is 20.9 Å². The average molecular weight is 345 g/mol. The lowest BCUT2D eigenvalue weighted by molar-refractivity contribution is 0.568. The van der Waals surface area contributed by atoms with Gasteiger partial charge in [-0.05, 0) is 40.4 Å². The number of aryl methyl sites for hydroxylation is 2. The minimum absolute atomic E-state index is 0.0286. The van der Waals surface area contributed by atoms with Gasteiger partial charge in [-0.25, -0.2) is 4.68 Å². The summed E-state index contributed by atoms with van der Waals surface area (Å²) >= 11 is 4.91. The highest BCUT2D eigenvalue weighted by atomic mass is 79.9. The van der Waals surface area contributed by atoms with Crippen molar-refractivity contribution in [1.29, 1.82) is 0 Å². The lowest BCUT2D eigenvalue weighted by atomic mass is 10.1. The van der Waals surface area contributed by atoms with Crippen LogP contribution in [0.15, 0.2) is 4.60 Å². The van der Waals surface area contributed by atoms with Crippen LogP contribution in [0.4, 0.5) is 0 Å². The lowest BCUT2D eigenvalue weighted by Crippen LogP contribution is -2.24. The van der Waals surface area contributed by atoms with E-state index in [9.17, 15) is 0 Å². The van der Waals surface area contributed by atoms with Gasteiger partial charge < -0.3 is 5.32 Å². The Balaban J connectivity index is 2.42. The van der Waals surface area contributed by atoms with Gasteiger partial charge in [0.1, 0.15) is 0 Å². The van der Waals surface area contributed by atoms with Gasteiger partial charge in [0, 0.05) is 7.05 Å². The molecular formula is C11H17BrN6S. The fourth-order valence-corrected chi connectivity index (χ4v) is 3.34. The van der Waals surface area contributed by atoms with Crippen LogP contribution in [0.25, 0.3) is 0 Å². The summed E-state index contributed by atoms with van der Waals surface area (Å²) in [6.45, 7) is 5.08. The number of hydrogen-bond acceptors (Lipinski definition) is 6. The molecule has 2 rings (SSSR count). The van der Waals surface area contributed by atoms with Crippen LogP contribution in [0.5, 0.6) is 0 Å². The van der Waals surface area contributed by atoms with Crippen molar-refractivity contribution >= 4 is 27.5 Å². The van der Waals surface area contributed by atoms with Gasteiger partial charge in [0.2, 0.25) is 0 Å². The second kappa shape index (κ2) is 6.53. The van der Waals surface area contributed by atoms with Crippen molar-refractivity contribution in [2.24, 2.45) is 7.05 Å². The molecule has 1 N–H and O–H groups in total. The third kappa shape index (κ3) is 3.01. The molecule has 1 unspecified atom stereocenters. The van der Waals surface area contributed by atoms with Crippen molar-refractivity contribution in [1.82, 2.24) is 29.9 Å². The predicted octanol–water partition coefficient (Wildman–Crippen LogP) is 2.08. The van der Waals surface area contributed by atoms with E-state index in [0.29, 0.717) is 0 Å². The zero-order chi connectivity index (χ0) is 13.8. The maximum atomic E-state index is 4.24. The number of aromatic nitrogens is 5. The molecular weight excluding hydrogens is 328 g/mol. The molecule has 0 aliphatic carbocycles. The van der Waals surface area contributed by atoms with E-state index in [4.69, 9.17) is 0 Å². The number of nitrogens with zero attached hydrogens (tertiary/aromatic N) is 5. The first-order valence-electron chi connectivity index (χ1n) is 6.28. The first kappa shape index (κ1) is 14.5. The van der Waals surface area contributed by atoms with Gasteiger partial charge in [0.25, 0.3) is 0 Å². The molecule has 2 heterocycles. The molecule has 0 spiro atoms. The van der Waals surface area contributed by atoms with E-state index in [2.05, 4.69) is 55.0 Å². The predicted molar refractivity (Wildman–Crippen MR) is 78.1 cm³/mol. The van der Waals surface area contributed by atoms with E-state index in [1.165, 1.54) is 11.5 Å². The summed E-state index contributed by atoms with van der Waals surface area (Å²) in [5, 5.41) is 15.8. The SMILES string of the molecule is CCCc1nnsc1C(NCC)c1c(Br)nnn1C. The first-order chi connectivity index (χ1) is 9.19. The Hall–Kier alpha value is -0.860. The van der Waals surface area contributed by atoms with E-state index >= 15 is 0 Å². The smallest absolute Gasteiger partial charge is 0.153 e. The van der Waals surface area contributed by atoms with Crippen LogP contribution in [-0.4, -0.2) is 31.1 Å². The van der Waals surface area contributed by atoms with Crippen molar-refractivity contribution in [2.45, 2.75) is 32.7 Å². The molecule has 0 aliphatic heterocycles. The highest BCUT2D eigenvalue weighted by molar-refractivity contribution is 9.10. The van der Waals surface area contributed by atoms with Crippen molar-refractivity contribution in [3.63, 3.8) is 0 Å². The van der Waals surface area contributed by atoms with Gasteiger partial charge in [0.05, 0.1) is 22.3 Å². The molecule has 0 radical (unpaired) electrons. The number of halogens is 1. The molecule has 0 aromatic carbocycles. The molecule has 19 heavy (non-hydrogen) atoms. The Morgan fingerprint density at radius 1 is 1.37 bits per heavy atom. The Morgan fingerprint density at radius 2 is 2.16 bits per heavy atom. The summed E-state index contributed by atoms with van der Waals surface area (Å²) in [4.78, 5) is 1.15. The van der Waals surface area contributed by atoms with Crippen LogP contribution in [0.3, 0.4) is 0 Å². The molecule has 8 heteroatoms. The third-order valence-corrected chi connectivity index (χ3v) is 4.24. The highest BCUT2D eigenvalue weighted by Gasteiger charge is 2.25. The summed E-state index contributed by atoms with van der Waals surface area (Å²) in [5.74, 6) is 0. The van der Waals surface area contributed by atoms with Crippen LogP contribution in [-0.2, 0) is 13.5 Å². The first-order valence-corrected chi connectivity index (χ1v) is 7.85. The maximum Gasteiger partial charge on any atom is 0.153 e. The minimum Gasteiger partial charge on any atom is -0.304 e. The summed E-state index contributed by atoms with van der Waals surface area (Å²) in [5.41, 5.74) is 2.07. The number of nitrogens with one attached hydrogen (secondary N) is 1. The fourth-order valence-electron chi connectivity index (χ4n) is 2.01. The Morgan fingerprint density at radius 3 is 2.74 bits per heavy atom. The zero-order valence-electron chi connectivity index (χ0n) is 11.2.